The van der Waals surface area contributed by atoms with Crippen LogP contribution in [0.15, 0.2) is 12.4 Å². The molecule has 1 saturated heterocycles. The van der Waals surface area contributed by atoms with Crippen molar-refractivity contribution in [3.05, 3.63) is 18.0 Å². The van der Waals surface area contributed by atoms with Crippen LogP contribution in [0.25, 0.3) is 0 Å². The van der Waals surface area contributed by atoms with Gasteiger partial charge in [0.2, 0.25) is 5.95 Å². The molecule has 1 saturated carbocycles. The molecule has 6 nitrogen and oxygen atoms in total. The normalized spacial score (nSPS) is 26.8. The largest absolute Gasteiger partial charge is 0.478 e. The number of nitrogens with zero attached hydrogens (tertiary/aromatic N) is 3. The van der Waals surface area contributed by atoms with Gasteiger partial charge in [0.1, 0.15) is 0 Å². The molecule has 1 aliphatic heterocycles. The molecule has 2 heterocycles. The number of carbonyl (C=O) groups is 1. The van der Waals surface area contributed by atoms with Gasteiger partial charge in [-0.2, -0.15) is 0 Å². The predicted octanol–water partition coefficient (Wildman–Crippen LogP) is 1.32. The molecule has 19 heavy (non-hydrogen) atoms. The monoisotopic (exact) mass is 263 g/mol. The highest BCUT2D eigenvalue weighted by molar-refractivity contribution is 5.86. The lowest BCUT2D eigenvalue weighted by molar-refractivity contribution is -0.00933. The highest BCUT2D eigenvalue weighted by Gasteiger charge is 2.35. The van der Waals surface area contributed by atoms with Gasteiger partial charge in [-0.25, -0.2) is 14.8 Å². The molecule has 0 radical (unpaired) electrons. The van der Waals surface area contributed by atoms with Crippen LogP contribution in [0, 0.1) is 0 Å². The quantitative estimate of drug-likeness (QED) is 0.867. The lowest BCUT2D eigenvalue weighted by Crippen LogP contribution is -2.53. The molecule has 0 bridgehead atoms. The molecule has 0 aromatic carbocycles. The summed E-state index contributed by atoms with van der Waals surface area (Å²) in [5.41, 5.74) is 0.122. The van der Waals surface area contributed by atoms with Gasteiger partial charge in [0.05, 0.1) is 24.3 Å². The van der Waals surface area contributed by atoms with Crippen molar-refractivity contribution in [2.75, 3.05) is 18.1 Å². The zero-order valence-electron chi connectivity index (χ0n) is 10.7. The molecule has 102 valence electrons. The maximum absolute atomic E-state index is 10.8. The van der Waals surface area contributed by atoms with Gasteiger partial charge in [0.25, 0.3) is 0 Å². The van der Waals surface area contributed by atoms with Crippen molar-refractivity contribution >= 4 is 11.9 Å². The van der Waals surface area contributed by atoms with Crippen LogP contribution < -0.4 is 4.90 Å². The van der Waals surface area contributed by atoms with Gasteiger partial charge in [-0.05, 0) is 12.8 Å². The van der Waals surface area contributed by atoms with Gasteiger partial charge < -0.3 is 14.7 Å². The summed E-state index contributed by atoms with van der Waals surface area (Å²) in [6, 6.07) is 0.332. The van der Waals surface area contributed by atoms with Crippen LogP contribution in [0.5, 0.6) is 0 Å². The average Bonchev–Trinajstić information content (AvgIpc) is 2.47. The third-order valence-electron chi connectivity index (χ3n) is 3.87. The van der Waals surface area contributed by atoms with E-state index in [1.165, 1.54) is 25.2 Å². The van der Waals surface area contributed by atoms with E-state index < -0.39 is 5.97 Å². The summed E-state index contributed by atoms with van der Waals surface area (Å²) in [5.74, 6) is -0.380. The van der Waals surface area contributed by atoms with E-state index in [0.717, 1.165) is 19.4 Å². The summed E-state index contributed by atoms with van der Waals surface area (Å²) in [4.78, 5) is 21.4. The lowest BCUT2D eigenvalue weighted by atomic mass is 9.90. The number of morpholine rings is 1. The fourth-order valence-corrected chi connectivity index (χ4v) is 2.92. The van der Waals surface area contributed by atoms with Crippen molar-refractivity contribution in [3.8, 4) is 0 Å². The molecule has 0 amide bonds. The van der Waals surface area contributed by atoms with Crippen molar-refractivity contribution < 1.29 is 14.6 Å². The standard InChI is InChI=1S/C13H17N3O3/c17-12(18)9-7-14-13(15-8-9)16-5-6-19-11-4-2-1-3-10(11)16/h7-8,10-11H,1-6H2,(H,17,18). The minimum absolute atomic E-state index is 0.122. The zero-order chi connectivity index (χ0) is 13.2. The minimum atomic E-state index is -0.996. The number of aromatic nitrogens is 2. The van der Waals surface area contributed by atoms with Gasteiger partial charge >= 0.3 is 5.97 Å². The molecule has 6 heteroatoms. The van der Waals surface area contributed by atoms with Crippen LogP contribution in [0.3, 0.4) is 0 Å². The third kappa shape index (κ3) is 2.40. The van der Waals surface area contributed by atoms with Crippen LogP contribution in [-0.2, 0) is 4.74 Å². The summed E-state index contributed by atoms with van der Waals surface area (Å²) >= 11 is 0. The zero-order valence-corrected chi connectivity index (χ0v) is 10.7. The molecule has 2 unspecified atom stereocenters. The molecule has 0 spiro atoms. The highest BCUT2D eigenvalue weighted by Crippen LogP contribution is 2.30. The second-order valence-electron chi connectivity index (χ2n) is 5.03. The van der Waals surface area contributed by atoms with Crippen molar-refractivity contribution in [2.24, 2.45) is 0 Å². The number of anilines is 1. The van der Waals surface area contributed by atoms with Crippen molar-refractivity contribution in [1.29, 1.82) is 0 Å². The molecule has 1 aromatic rings. The van der Waals surface area contributed by atoms with Gasteiger partial charge in [0.15, 0.2) is 0 Å². The molecular weight excluding hydrogens is 246 g/mol. The van der Waals surface area contributed by atoms with Gasteiger partial charge in [-0.15, -0.1) is 0 Å². The number of carboxylic acid groups (broad SMARTS) is 1. The van der Waals surface area contributed by atoms with Crippen LogP contribution in [0.2, 0.25) is 0 Å². The fraction of sp³-hybridized carbons (Fsp3) is 0.615. The first-order chi connectivity index (χ1) is 9.25. The van der Waals surface area contributed by atoms with E-state index in [4.69, 9.17) is 9.84 Å². The second kappa shape index (κ2) is 5.13. The Morgan fingerprint density at radius 2 is 2.05 bits per heavy atom. The first kappa shape index (κ1) is 12.3. The van der Waals surface area contributed by atoms with E-state index in [0.29, 0.717) is 18.6 Å². The molecule has 2 aliphatic rings. The Morgan fingerprint density at radius 1 is 1.32 bits per heavy atom. The van der Waals surface area contributed by atoms with Crippen LogP contribution >= 0.6 is 0 Å². The first-order valence-corrected chi connectivity index (χ1v) is 6.69. The number of aromatic carboxylic acids is 1. The Bertz CT molecular complexity index is 461. The number of carboxylic acids is 1. The van der Waals surface area contributed by atoms with E-state index in [2.05, 4.69) is 14.9 Å². The summed E-state index contributed by atoms with van der Waals surface area (Å²) in [6.45, 7) is 1.46. The minimum Gasteiger partial charge on any atom is -0.478 e. The molecule has 2 fully saturated rings. The Morgan fingerprint density at radius 3 is 2.79 bits per heavy atom. The summed E-state index contributed by atoms with van der Waals surface area (Å²) in [6.07, 6.45) is 7.62. The summed E-state index contributed by atoms with van der Waals surface area (Å²) in [7, 11) is 0. The molecule has 2 atom stereocenters. The van der Waals surface area contributed by atoms with E-state index in [1.807, 2.05) is 0 Å². The number of hydrogen-bond acceptors (Lipinski definition) is 5. The van der Waals surface area contributed by atoms with E-state index in [1.54, 1.807) is 0 Å². The van der Waals surface area contributed by atoms with Gasteiger partial charge in [-0.1, -0.05) is 12.8 Å². The SMILES string of the molecule is O=C(O)c1cnc(N2CCOC3CCCCC32)nc1. The van der Waals surface area contributed by atoms with E-state index >= 15 is 0 Å². The van der Waals surface area contributed by atoms with Gasteiger partial charge in [0, 0.05) is 18.9 Å². The van der Waals surface area contributed by atoms with E-state index in [-0.39, 0.29) is 11.7 Å². The Balaban J connectivity index is 1.81. The number of ether oxygens (including phenoxy) is 1. The van der Waals surface area contributed by atoms with Crippen LogP contribution in [0.1, 0.15) is 36.0 Å². The van der Waals surface area contributed by atoms with E-state index in [9.17, 15) is 4.79 Å². The number of rotatable bonds is 2. The van der Waals surface area contributed by atoms with Crippen molar-refractivity contribution in [1.82, 2.24) is 9.97 Å². The fourth-order valence-electron chi connectivity index (χ4n) is 2.92. The Labute approximate surface area is 111 Å². The topological polar surface area (TPSA) is 75.5 Å². The first-order valence-electron chi connectivity index (χ1n) is 6.69. The Kier molecular flexibility index (Phi) is 3.33. The molecular formula is C13H17N3O3. The number of hydrogen-bond donors (Lipinski definition) is 1. The second-order valence-corrected chi connectivity index (χ2v) is 5.03. The van der Waals surface area contributed by atoms with Crippen molar-refractivity contribution in [3.63, 3.8) is 0 Å². The smallest absolute Gasteiger partial charge is 0.338 e. The average molecular weight is 263 g/mol. The molecule has 1 aromatic heterocycles. The van der Waals surface area contributed by atoms with Crippen molar-refractivity contribution in [2.45, 2.75) is 37.8 Å². The van der Waals surface area contributed by atoms with Crippen LogP contribution in [0.4, 0.5) is 5.95 Å². The van der Waals surface area contributed by atoms with Gasteiger partial charge in [-0.3, -0.25) is 0 Å². The predicted molar refractivity (Wildman–Crippen MR) is 68.3 cm³/mol. The number of fused-ring (bicyclic) bond motifs is 1. The lowest BCUT2D eigenvalue weighted by Gasteiger charge is -2.43. The summed E-state index contributed by atoms with van der Waals surface area (Å²) < 4.78 is 5.80. The molecule has 3 rings (SSSR count). The van der Waals surface area contributed by atoms with Crippen LogP contribution in [-0.4, -0.2) is 46.3 Å². The molecule has 1 N–H and O–H groups in total. The third-order valence-corrected chi connectivity index (χ3v) is 3.87. The maximum atomic E-state index is 10.8. The molecule has 1 aliphatic carbocycles. The highest BCUT2D eigenvalue weighted by atomic mass is 16.5. The maximum Gasteiger partial charge on any atom is 0.338 e. The Hall–Kier alpha value is -1.69. The summed E-state index contributed by atoms with van der Waals surface area (Å²) in [5, 5.41) is 8.86.